The highest BCUT2D eigenvalue weighted by atomic mass is 32.2. The number of hydrogen-bond donors (Lipinski definition) is 2. The van der Waals surface area contributed by atoms with E-state index in [4.69, 9.17) is 0 Å². The molecule has 0 aliphatic heterocycles. The minimum atomic E-state index is -1.08. The lowest BCUT2D eigenvalue weighted by molar-refractivity contribution is -0.139. The molecule has 0 spiro atoms. The van der Waals surface area contributed by atoms with E-state index >= 15 is 0 Å². The van der Waals surface area contributed by atoms with Gasteiger partial charge in [-0.2, -0.15) is 11.8 Å². The number of carbonyl (C=O) groups excluding carboxylic acids is 1. The van der Waals surface area contributed by atoms with Gasteiger partial charge in [-0.25, -0.2) is 13.6 Å². The highest BCUT2D eigenvalue weighted by Crippen LogP contribution is 2.29. The van der Waals surface area contributed by atoms with E-state index < -0.39 is 29.6 Å². The average Bonchev–Trinajstić information content (AvgIpc) is 2.95. The van der Waals surface area contributed by atoms with Crippen LogP contribution in [0.5, 0.6) is 0 Å². The predicted octanol–water partition coefficient (Wildman–Crippen LogP) is 6.47. The van der Waals surface area contributed by atoms with Crippen molar-refractivity contribution in [2.75, 3.05) is 12.0 Å². The maximum Gasteiger partial charge on any atom is 0.326 e. The van der Waals surface area contributed by atoms with Gasteiger partial charge in [0.1, 0.15) is 17.7 Å². The monoisotopic (exact) mass is 589 g/mol. The van der Waals surface area contributed by atoms with Gasteiger partial charge in [-0.05, 0) is 89.1 Å². The Kier molecular flexibility index (Phi) is 10.8. The molecule has 9 heteroatoms. The normalized spacial score (nSPS) is 11.8. The molecule has 4 rings (SSSR count). The molecule has 218 valence electrons. The second-order valence-corrected chi connectivity index (χ2v) is 11.1. The summed E-state index contributed by atoms with van der Waals surface area (Å²) in [4.78, 5) is 31.5. The van der Waals surface area contributed by atoms with Crippen molar-refractivity contribution in [3.8, 4) is 11.1 Å². The molecule has 42 heavy (non-hydrogen) atoms. The molecule has 6 nitrogen and oxygen atoms in total. The Morgan fingerprint density at radius 2 is 1.62 bits per heavy atom. The zero-order valence-corrected chi connectivity index (χ0v) is 24.3. The van der Waals surface area contributed by atoms with Crippen molar-refractivity contribution in [2.24, 2.45) is 0 Å². The Balaban J connectivity index is 1.69. The van der Waals surface area contributed by atoms with Crippen LogP contribution in [0.1, 0.15) is 39.0 Å². The molecular formula is C33H33F2N3O3S. The summed E-state index contributed by atoms with van der Waals surface area (Å²) in [6.07, 6.45) is 5.63. The van der Waals surface area contributed by atoms with Gasteiger partial charge in [-0.15, -0.1) is 0 Å². The third-order valence-corrected chi connectivity index (χ3v) is 7.49. The van der Waals surface area contributed by atoms with Crippen LogP contribution >= 0.6 is 11.8 Å². The first kappa shape index (κ1) is 30.9. The first-order valence-electron chi connectivity index (χ1n) is 13.5. The highest BCUT2D eigenvalue weighted by molar-refractivity contribution is 7.98. The number of halogens is 2. The Hall–Kier alpha value is -4.08. The maximum atomic E-state index is 14.0. The second kappa shape index (κ2) is 14.7. The highest BCUT2D eigenvalue weighted by Gasteiger charge is 2.23. The fourth-order valence-corrected chi connectivity index (χ4v) is 5.32. The minimum Gasteiger partial charge on any atom is -0.480 e. The zero-order valence-electron chi connectivity index (χ0n) is 23.5. The Bertz CT molecular complexity index is 1510. The minimum absolute atomic E-state index is 0.279. The van der Waals surface area contributed by atoms with E-state index in [9.17, 15) is 23.5 Å². The molecule has 4 aromatic rings. The van der Waals surface area contributed by atoms with Crippen LogP contribution in [0.15, 0.2) is 85.2 Å². The van der Waals surface area contributed by atoms with E-state index in [0.717, 1.165) is 28.3 Å². The Labute approximate surface area is 248 Å². The van der Waals surface area contributed by atoms with Gasteiger partial charge in [0.05, 0.1) is 0 Å². The van der Waals surface area contributed by atoms with Gasteiger partial charge in [0.25, 0.3) is 5.91 Å². The van der Waals surface area contributed by atoms with Crippen molar-refractivity contribution in [3.05, 3.63) is 125 Å². The van der Waals surface area contributed by atoms with E-state index in [1.54, 1.807) is 18.5 Å². The van der Waals surface area contributed by atoms with Crippen LogP contribution < -0.4 is 5.32 Å². The summed E-state index contributed by atoms with van der Waals surface area (Å²) >= 11 is 1.52. The molecule has 0 saturated carbocycles. The fourth-order valence-electron chi connectivity index (χ4n) is 4.85. The number of aromatic nitrogens is 1. The molecule has 2 N–H and O–H groups in total. The standard InChI is InChI=1S/C33H33F2N3O3S/c1-22-6-3-4-8-28(22)30-16-23(9-10-29(30)32(39)37-31(33(40)41)11-13-42-2)19-38(20-24-7-5-12-36-18-24)21-25-14-26(34)17-27(35)15-25/h3-10,12,14-18,31H,11,13,19-21H2,1-2H3,(H,37,39)(H,40,41)/t31-/m0/s1. The van der Waals surface area contributed by atoms with Crippen LogP contribution in [0.4, 0.5) is 8.78 Å². The summed E-state index contributed by atoms with van der Waals surface area (Å²) < 4.78 is 28.0. The summed E-state index contributed by atoms with van der Waals surface area (Å²) in [6, 6.07) is 19.4. The first-order valence-corrected chi connectivity index (χ1v) is 14.9. The number of carbonyl (C=O) groups is 2. The van der Waals surface area contributed by atoms with Crippen molar-refractivity contribution >= 4 is 23.6 Å². The molecule has 0 radical (unpaired) electrons. The second-order valence-electron chi connectivity index (χ2n) is 10.1. The smallest absolute Gasteiger partial charge is 0.326 e. The first-order chi connectivity index (χ1) is 20.2. The molecule has 0 unspecified atom stereocenters. The van der Waals surface area contributed by atoms with Gasteiger partial charge < -0.3 is 10.4 Å². The van der Waals surface area contributed by atoms with Crippen molar-refractivity contribution < 1.29 is 23.5 Å². The summed E-state index contributed by atoms with van der Waals surface area (Å²) in [6.45, 7) is 3.12. The lowest BCUT2D eigenvalue weighted by atomic mass is 9.93. The number of pyridine rings is 1. The van der Waals surface area contributed by atoms with Gasteiger partial charge in [0, 0.05) is 43.7 Å². The van der Waals surface area contributed by atoms with Crippen molar-refractivity contribution in [1.29, 1.82) is 0 Å². The molecule has 1 heterocycles. The van der Waals surface area contributed by atoms with Gasteiger partial charge in [-0.1, -0.05) is 36.4 Å². The third-order valence-electron chi connectivity index (χ3n) is 6.84. The molecule has 1 atom stereocenters. The molecule has 1 aromatic heterocycles. The number of amides is 1. The lowest BCUT2D eigenvalue weighted by Crippen LogP contribution is -2.41. The Morgan fingerprint density at radius 3 is 2.29 bits per heavy atom. The molecule has 1 amide bonds. The topological polar surface area (TPSA) is 82.5 Å². The van der Waals surface area contributed by atoms with E-state index in [-0.39, 0.29) is 6.54 Å². The van der Waals surface area contributed by atoms with Crippen LogP contribution in [0.25, 0.3) is 11.1 Å². The van der Waals surface area contributed by atoms with E-state index in [2.05, 4.69) is 10.3 Å². The summed E-state index contributed by atoms with van der Waals surface area (Å²) in [5, 5.41) is 12.4. The molecule has 0 aliphatic rings. The number of nitrogens with zero attached hydrogens (tertiary/aromatic N) is 2. The van der Waals surface area contributed by atoms with Crippen molar-refractivity contribution in [3.63, 3.8) is 0 Å². The van der Waals surface area contributed by atoms with Crippen LogP contribution in [0.3, 0.4) is 0 Å². The quantitative estimate of drug-likeness (QED) is 0.186. The Morgan fingerprint density at radius 1 is 0.905 bits per heavy atom. The number of aliphatic carboxylic acids is 1. The molecule has 0 bridgehead atoms. The summed E-state index contributed by atoms with van der Waals surface area (Å²) in [7, 11) is 0. The third kappa shape index (κ3) is 8.47. The SMILES string of the molecule is CSCC[C@H](NC(=O)c1ccc(CN(Cc2cccnc2)Cc2cc(F)cc(F)c2)cc1-c1ccccc1C)C(=O)O. The number of aryl methyl sites for hydroxylation is 1. The maximum absolute atomic E-state index is 14.0. The predicted molar refractivity (Wildman–Crippen MR) is 162 cm³/mol. The number of carboxylic acids is 1. The van der Waals surface area contributed by atoms with Crippen molar-refractivity contribution in [1.82, 2.24) is 15.2 Å². The average molecular weight is 590 g/mol. The summed E-state index contributed by atoms with van der Waals surface area (Å²) in [5.74, 6) is -2.22. The van der Waals surface area contributed by atoms with Crippen LogP contribution in [0, 0.1) is 18.6 Å². The van der Waals surface area contributed by atoms with Crippen LogP contribution in [-0.4, -0.2) is 44.9 Å². The molecule has 0 aliphatic carbocycles. The molecule has 3 aromatic carbocycles. The fraction of sp³-hybridized carbons (Fsp3) is 0.242. The zero-order chi connectivity index (χ0) is 30.1. The largest absolute Gasteiger partial charge is 0.480 e. The number of nitrogens with one attached hydrogen (secondary N) is 1. The van der Waals surface area contributed by atoms with Gasteiger partial charge in [0.15, 0.2) is 0 Å². The number of benzene rings is 3. The molecular weight excluding hydrogens is 556 g/mol. The van der Waals surface area contributed by atoms with E-state index in [1.807, 2.05) is 66.6 Å². The van der Waals surface area contributed by atoms with Crippen LogP contribution in [0.2, 0.25) is 0 Å². The van der Waals surface area contributed by atoms with Crippen LogP contribution in [-0.2, 0) is 24.4 Å². The molecule has 0 saturated heterocycles. The molecule has 0 fully saturated rings. The number of rotatable bonds is 13. The van der Waals surface area contributed by atoms with E-state index in [0.29, 0.717) is 42.0 Å². The van der Waals surface area contributed by atoms with Gasteiger partial charge in [0.2, 0.25) is 0 Å². The number of thioether (sulfide) groups is 1. The van der Waals surface area contributed by atoms with Gasteiger partial charge >= 0.3 is 5.97 Å². The van der Waals surface area contributed by atoms with Crippen molar-refractivity contribution in [2.45, 2.75) is 39.0 Å². The number of carboxylic acid groups (broad SMARTS) is 1. The number of hydrogen-bond acceptors (Lipinski definition) is 5. The lowest BCUT2D eigenvalue weighted by Gasteiger charge is -2.24. The summed E-state index contributed by atoms with van der Waals surface area (Å²) in [5.41, 5.74) is 5.17. The van der Waals surface area contributed by atoms with Gasteiger partial charge in [-0.3, -0.25) is 14.7 Å². The van der Waals surface area contributed by atoms with E-state index in [1.165, 1.54) is 23.9 Å².